The first-order chi connectivity index (χ1) is 11.2. The number of hydrogen-bond acceptors (Lipinski definition) is 5. The predicted molar refractivity (Wildman–Crippen MR) is 88.8 cm³/mol. The fourth-order valence-electron chi connectivity index (χ4n) is 2.04. The molecule has 0 radical (unpaired) electrons. The number of carbonyl (C=O) groups excluding carboxylic acids is 1. The van der Waals surface area contributed by atoms with Gasteiger partial charge in [-0.15, -0.1) is 6.58 Å². The molecule has 0 saturated carbocycles. The molecule has 1 unspecified atom stereocenters. The van der Waals surface area contributed by atoms with Crippen LogP contribution in [0.25, 0.3) is 0 Å². The average Bonchev–Trinajstić information content (AvgIpc) is 2.57. The van der Waals surface area contributed by atoms with E-state index in [0.717, 1.165) is 25.7 Å². The van der Waals surface area contributed by atoms with E-state index in [0.29, 0.717) is 19.0 Å². The summed E-state index contributed by atoms with van der Waals surface area (Å²) in [7, 11) is 0. The van der Waals surface area contributed by atoms with Crippen LogP contribution < -0.4 is 0 Å². The van der Waals surface area contributed by atoms with Gasteiger partial charge in [-0.3, -0.25) is 4.79 Å². The molecule has 5 nitrogen and oxygen atoms in total. The normalized spacial score (nSPS) is 20.2. The number of rotatable bonds is 14. The molecule has 5 heteroatoms. The number of unbranched alkanes of at least 4 members (excludes halogenated alkanes) is 2. The van der Waals surface area contributed by atoms with Gasteiger partial charge in [0.25, 0.3) is 5.78 Å². The SMILES string of the molecule is C=CCOC1=C(OCCCC)C(OCC=C)(OCCCC)C1=O. The number of carbonyl (C=O) groups is 1. The van der Waals surface area contributed by atoms with Gasteiger partial charge in [0.15, 0.2) is 0 Å². The number of ketones is 1. The van der Waals surface area contributed by atoms with Crippen molar-refractivity contribution in [2.24, 2.45) is 0 Å². The molecule has 130 valence electrons. The molecule has 0 aromatic carbocycles. The maximum atomic E-state index is 12.6. The second-order valence-corrected chi connectivity index (χ2v) is 5.21. The zero-order valence-electron chi connectivity index (χ0n) is 14.3. The highest BCUT2D eigenvalue weighted by Crippen LogP contribution is 2.41. The van der Waals surface area contributed by atoms with Crippen molar-refractivity contribution in [1.29, 1.82) is 0 Å². The van der Waals surface area contributed by atoms with E-state index >= 15 is 0 Å². The smallest absolute Gasteiger partial charge is 0.301 e. The molecule has 23 heavy (non-hydrogen) atoms. The quantitative estimate of drug-likeness (QED) is 0.278. The molecule has 0 amide bonds. The van der Waals surface area contributed by atoms with E-state index in [1.807, 2.05) is 0 Å². The fourth-order valence-corrected chi connectivity index (χ4v) is 2.04. The van der Waals surface area contributed by atoms with Crippen molar-refractivity contribution < 1.29 is 23.7 Å². The first-order valence-corrected chi connectivity index (χ1v) is 8.22. The number of ether oxygens (including phenoxy) is 4. The van der Waals surface area contributed by atoms with Gasteiger partial charge in [-0.1, -0.05) is 45.4 Å². The van der Waals surface area contributed by atoms with Crippen LogP contribution in [0.3, 0.4) is 0 Å². The molecule has 0 aromatic rings. The molecule has 0 N–H and O–H groups in total. The van der Waals surface area contributed by atoms with Crippen LogP contribution in [0.4, 0.5) is 0 Å². The zero-order chi connectivity index (χ0) is 17.1. The third-order valence-corrected chi connectivity index (χ3v) is 3.31. The Bertz CT molecular complexity index is 441. The van der Waals surface area contributed by atoms with E-state index < -0.39 is 5.79 Å². The summed E-state index contributed by atoms with van der Waals surface area (Å²) in [6, 6.07) is 0. The van der Waals surface area contributed by atoms with Crippen molar-refractivity contribution in [3.63, 3.8) is 0 Å². The van der Waals surface area contributed by atoms with Gasteiger partial charge in [-0.2, -0.15) is 0 Å². The first kappa shape index (κ1) is 19.5. The minimum atomic E-state index is -1.49. The lowest BCUT2D eigenvalue weighted by Crippen LogP contribution is -2.57. The van der Waals surface area contributed by atoms with Crippen molar-refractivity contribution in [3.05, 3.63) is 36.8 Å². The van der Waals surface area contributed by atoms with Crippen molar-refractivity contribution in [1.82, 2.24) is 0 Å². The van der Waals surface area contributed by atoms with Crippen LogP contribution in [-0.4, -0.2) is 38.0 Å². The van der Waals surface area contributed by atoms with E-state index in [4.69, 9.17) is 18.9 Å². The van der Waals surface area contributed by atoms with Crippen LogP contribution in [0.15, 0.2) is 36.8 Å². The predicted octanol–water partition coefficient (Wildman–Crippen LogP) is 3.52. The molecule has 0 spiro atoms. The highest BCUT2D eigenvalue weighted by molar-refractivity contribution is 6.09. The maximum Gasteiger partial charge on any atom is 0.301 e. The van der Waals surface area contributed by atoms with Gasteiger partial charge >= 0.3 is 5.79 Å². The molecule has 0 aliphatic heterocycles. The van der Waals surface area contributed by atoms with Gasteiger partial charge in [0.1, 0.15) is 6.61 Å². The minimum Gasteiger partial charge on any atom is -0.488 e. The lowest BCUT2D eigenvalue weighted by atomic mass is 9.93. The summed E-state index contributed by atoms with van der Waals surface area (Å²) in [6.07, 6.45) is 6.80. The van der Waals surface area contributed by atoms with Gasteiger partial charge in [0, 0.05) is 0 Å². The first-order valence-electron chi connectivity index (χ1n) is 8.22. The summed E-state index contributed by atoms with van der Waals surface area (Å²) in [6.45, 7) is 12.6. The van der Waals surface area contributed by atoms with E-state index in [1.165, 1.54) is 0 Å². The Morgan fingerprint density at radius 1 is 0.957 bits per heavy atom. The fraction of sp³-hybridized carbons (Fsp3) is 0.611. The Morgan fingerprint density at radius 2 is 1.61 bits per heavy atom. The van der Waals surface area contributed by atoms with Crippen molar-refractivity contribution >= 4 is 5.78 Å². The van der Waals surface area contributed by atoms with Crippen molar-refractivity contribution in [2.75, 3.05) is 26.4 Å². The van der Waals surface area contributed by atoms with Crippen LogP contribution in [0.2, 0.25) is 0 Å². The van der Waals surface area contributed by atoms with Crippen LogP contribution in [0.1, 0.15) is 39.5 Å². The summed E-state index contributed by atoms with van der Waals surface area (Å²) in [5.41, 5.74) is 0. The molecule has 0 fully saturated rings. The summed E-state index contributed by atoms with van der Waals surface area (Å²) < 4.78 is 22.6. The van der Waals surface area contributed by atoms with E-state index in [1.54, 1.807) is 12.2 Å². The molecule has 1 rings (SSSR count). The highest BCUT2D eigenvalue weighted by Gasteiger charge is 2.60. The van der Waals surface area contributed by atoms with Gasteiger partial charge < -0.3 is 18.9 Å². The monoisotopic (exact) mass is 324 g/mol. The lowest BCUT2D eigenvalue weighted by molar-refractivity contribution is -0.237. The molecule has 1 aliphatic carbocycles. The van der Waals surface area contributed by atoms with Crippen molar-refractivity contribution in [2.45, 2.75) is 45.3 Å². The Morgan fingerprint density at radius 3 is 2.22 bits per heavy atom. The summed E-state index contributed by atoms with van der Waals surface area (Å²) >= 11 is 0. The lowest BCUT2D eigenvalue weighted by Gasteiger charge is -2.40. The van der Waals surface area contributed by atoms with Gasteiger partial charge in [0.2, 0.25) is 11.5 Å². The number of hydrogen-bond donors (Lipinski definition) is 0. The average molecular weight is 324 g/mol. The summed E-state index contributed by atoms with van der Waals surface area (Å²) in [5.74, 6) is -1.34. The Kier molecular flexibility index (Phi) is 8.66. The van der Waals surface area contributed by atoms with E-state index in [9.17, 15) is 4.79 Å². The molecule has 1 atom stereocenters. The second kappa shape index (κ2) is 10.2. The third kappa shape index (κ3) is 4.69. The van der Waals surface area contributed by atoms with Crippen LogP contribution >= 0.6 is 0 Å². The second-order valence-electron chi connectivity index (χ2n) is 5.21. The van der Waals surface area contributed by atoms with Crippen LogP contribution in [0, 0.1) is 0 Å². The van der Waals surface area contributed by atoms with E-state index in [-0.39, 0.29) is 24.8 Å². The Labute approximate surface area is 138 Å². The van der Waals surface area contributed by atoms with E-state index in [2.05, 4.69) is 27.0 Å². The molecule has 0 saturated heterocycles. The number of Topliss-reactive ketones (excluding diaryl/α,β-unsaturated/α-hetero) is 1. The largest absolute Gasteiger partial charge is 0.488 e. The topological polar surface area (TPSA) is 54.0 Å². The van der Waals surface area contributed by atoms with Gasteiger partial charge in [-0.05, 0) is 12.8 Å². The summed E-state index contributed by atoms with van der Waals surface area (Å²) in [5, 5.41) is 0. The highest BCUT2D eigenvalue weighted by atomic mass is 16.7. The minimum absolute atomic E-state index is 0.168. The van der Waals surface area contributed by atoms with Crippen LogP contribution in [-0.2, 0) is 23.7 Å². The molecular formula is C18H28O5. The van der Waals surface area contributed by atoms with Gasteiger partial charge in [-0.25, -0.2) is 0 Å². The van der Waals surface area contributed by atoms with Crippen molar-refractivity contribution in [3.8, 4) is 0 Å². The molecule has 1 aliphatic rings. The third-order valence-electron chi connectivity index (χ3n) is 3.31. The Balaban J connectivity index is 2.96. The maximum absolute atomic E-state index is 12.6. The zero-order valence-corrected chi connectivity index (χ0v) is 14.3. The summed E-state index contributed by atoms with van der Waals surface area (Å²) in [4.78, 5) is 12.6. The molecule has 0 aromatic heterocycles. The molecule has 0 bridgehead atoms. The molecule has 0 heterocycles. The van der Waals surface area contributed by atoms with Crippen LogP contribution in [0.5, 0.6) is 0 Å². The molecular weight excluding hydrogens is 296 g/mol. The Hall–Kier alpha value is -1.59. The standard InChI is InChI=1S/C18H28O5/c1-5-9-13-21-17-15(20-11-7-3)16(19)18(17,22-12-8-4)23-14-10-6-2/h7-8H,3-6,9-14H2,1-2H3. The van der Waals surface area contributed by atoms with Gasteiger partial charge in [0.05, 0.1) is 19.8 Å².